The van der Waals surface area contributed by atoms with Crippen molar-refractivity contribution in [1.82, 2.24) is 19.2 Å². The van der Waals surface area contributed by atoms with Gasteiger partial charge in [-0.3, -0.25) is 9.58 Å². The predicted octanol–water partition coefficient (Wildman–Crippen LogP) is 5.82. The molecule has 0 bridgehead atoms. The molecule has 1 fully saturated rings. The topological polar surface area (TPSA) is 91.0 Å². The maximum atomic E-state index is 13.0. The standard InChI is InChI=1S/C36H38N4O5/c1-38-31-24-44-19-5-4-16-40-34-27(12-7-13-29(34)33(31)30(37-38)23-39-17-21-43-22-18-39)28(35(40)36(41)42)14-8-20-45-32-15-6-10-25-9-2-3-11-26(25)32/h2-7,9-13,15H,8,14,16-24H2,1H3,(H,41,42). The van der Waals surface area contributed by atoms with E-state index in [1.807, 2.05) is 58.8 Å². The highest BCUT2D eigenvalue weighted by Gasteiger charge is 2.28. The largest absolute Gasteiger partial charge is 0.493 e. The average Bonchev–Trinajstić information content (AvgIpc) is 3.53. The van der Waals surface area contributed by atoms with Gasteiger partial charge in [0.05, 0.1) is 49.9 Å². The number of rotatable bonds is 8. The zero-order chi connectivity index (χ0) is 30.8. The van der Waals surface area contributed by atoms with Crippen molar-refractivity contribution in [3.63, 3.8) is 0 Å². The number of nitrogens with zero attached hydrogens (tertiary/aromatic N) is 4. The van der Waals surface area contributed by atoms with Gasteiger partial charge in [-0.15, -0.1) is 0 Å². The number of fused-ring (bicyclic) bond motifs is 3. The van der Waals surface area contributed by atoms with Crippen molar-refractivity contribution in [3.05, 3.63) is 95.5 Å². The molecule has 2 aliphatic heterocycles. The van der Waals surface area contributed by atoms with Gasteiger partial charge in [0.2, 0.25) is 0 Å². The molecule has 7 rings (SSSR count). The maximum absolute atomic E-state index is 13.0. The van der Waals surface area contributed by atoms with Crippen LogP contribution in [0.5, 0.6) is 5.75 Å². The van der Waals surface area contributed by atoms with Crippen LogP contribution in [0.15, 0.2) is 72.8 Å². The molecule has 9 nitrogen and oxygen atoms in total. The number of benzene rings is 3. The number of ether oxygens (including phenoxy) is 3. The number of carboxylic acids is 1. The molecule has 0 unspecified atom stereocenters. The van der Waals surface area contributed by atoms with Crippen LogP contribution in [0.1, 0.15) is 33.9 Å². The van der Waals surface area contributed by atoms with E-state index >= 15 is 0 Å². The normalized spacial score (nSPS) is 15.7. The summed E-state index contributed by atoms with van der Waals surface area (Å²) in [6.45, 7) is 5.55. The molecule has 0 amide bonds. The van der Waals surface area contributed by atoms with Crippen molar-refractivity contribution in [2.24, 2.45) is 7.05 Å². The summed E-state index contributed by atoms with van der Waals surface area (Å²) in [5, 5.41) is 18.8. The molecule has 2 aromatic heterocycles. The monoisotopic (exact) mass is 606 g/mol. The molecule has 232 valence electrons. The number of aromatic carboxylic acids is 1. The number of carboxylic acid groups (broad SMARTS) is 1. The van der Waals surface area contributed by atoms with Crippen LogP contribution >= 0.6 is 0 Å². The lowest BCUT2D eigenvalue weighted by atomic mass is 9.97. The first-order valence-electron chi connectivity index (χ1n) is 15.7. The minimum Gasteiger partial charge on any atom is -0.493 e. The van der Waals surface area contributed by atoms with Crippen LogP contribution < -0.4 is 4.74 Å². The van der Waals surface area contributed by atoms with Crippen molar-refractivity contribution in [2.45, 2.75) is 32.5 Å². The predicted molar refractivity (Wildman–Crippen MR) is 174 cm³/mol. The minimum absolute atomic E-state index is 0.326. The van der Waals surface area contributed by atoms with Crippen molar-refractivity contribution in [2.75, 3.05) is 39.5 Å². The summed E-state index contributed by atoms with van der Waals surface area (Å²) in [7, 11) is 1.96. The molecule has 0 spiro atoms. The summed E-state index contributed by atoms with van der Waals surface area (Å²) >= 11 is 0. The Hall–Kier alpha value is -4.44. The lowest BCUT2D eigenvalue weighted by Gasteiger charge is -2.26. The molecule has 2 aliphatic rings. The first-order chi connectivity index (χ1) is 22.1. The fraction of sp³-hybridized carbons (Fsp3) is 0.333. The highest BCUT2D eigenvalue weighted by Crippen LogP contribution is 2.39. The van der Waals surface area contributed by atoms with E-state index in [1.165, 1.54) is 0 Å². The molecule has 1 saturated heterocycles. The SMILES string of the molecule is Cn1nc(CN2CCOCC2)c2c1COCC=CCn1c(C(=O)O)c(CCCOc3cccc4ccccc34)c3cccc-2c31. The molecule has 0 saturated carbocycles. The number of allylic oxidation sites excluding steroid dienone is 1. The Labute approximate surface area is 262 Å². The molecule has 9 heteroatoms. The smallest absolute Gasteiger partial charge is 0.352 e. The zero-order valence-corrected chi connectivity index (χ0v) is 25.6. The van der Waals surface area contributed by atoms with Gasteiger partial charge >= 0.3 is 5.97 Å². The number of hydrogen-bond donors (Lipinski definition) is 1. The average molecular weight is 607 g/mol. The van der Waals surface area contributed by atoms with Gasteiger partial charge in [-0.25, -0.2) is 4.79 Å². The van der Waals surface area contributed by atoms with Gasteiger partial charge in [-0.2, -0.15) is 5.10 Å². The van der Waals surface area contributed by atoms with E-state index in [1.54, 1.807) is 0 Å². The number of aryl methyl sites for hydroxylation is 2. The van der Waals surface area contributed by atoms with E-state index in [2.05, 4.69) is 35.2 Å². The Morgan fingerprint density at radius 3 is 2.64 bits per heavy atom. The molecule has 0 radical (unpaired) electrons. The third kappa shape index (κ3) is 5.75. The molecule has 0 aliphatic carbocycles. The second kappa shape index (κ2) is 12.9. The first-order valence-corrected chi connectivity index (χ1v) is 15.7. The number of aromatic nitrogens is 3. The molecule has 0 atom stereocenters. The first kappa shape index (κ1) is 29.3. The number of hydrogen-bond acceptors (Lipinski definition) is 6. The van der Waals surface area contributed by atoms with Crippen molar-refractivity contribution in [1.29, 1.82) is 0 Å². The van der Waals surface area contributed by atoms with Crippen LogP contribution in [0, 0.1) is 0 Å². The molecule has 4 heterocycles. The summed E-state index contributed by atoms with van der Waals surface area (Å²) in [5.41, 5.74) is 6.04. The van der Waals surface area contributed by atoms with Crippen molar-refractivity contribution < 1.29 is 24.1 Å². The van der Waals surface area contributed by atoms with Crippen LogP contribution in [-0.4, -0.2) is 69.8 Å². The van der Waals surface area contributed by atoms with E-state index in [-0.39, 0.29) is 0 Å². The molecule has 3 aromatic carbocycles. The van der Waals surface area contributed by atoms with E-state index < -0.39 is 5.97 Å². The molecular formula is C36H38N4O5. The van der Waals surface area contributed by atoms with Gasteiger partial charge in [0.25, 0.3) is 0 Å². The summed E-state index contributed by atoms with van der Waals surface area (Å²) in [6.07, 6.45) is 5.22. The van der Waals surface area contributed by atoms with Gasteiger partial charge in [-0.1, -0.05) is 66.7 Å². The van der Waals surface area contributed by atoms with Gasteiger partial charge in [0.15, 0.2) is 0 Å². The Morgan fingerprint density at radius 2 is 1.78 bits per heavy atom. The Bertz CT molecular complexity index is 1880. The Balaban J connectivity index is 1.29. The minimum atomic E-state index is -0.929. The van der Waals surface area contributed by atoms with E-state index in [4.69, 9.17) is 19.3 Å². The van der Waals surface area contributed by atoms with Crippen LogP contribution in [0.4, 0.5) is 0 Å². The number of morpholine rings is 1. The van der Waals surface area contributed by atoms with Crippen molar-refractivity contribution in [3.8, 4) is 16.9 Å². The molecule has 5 aromatic rings. The van der Waals surface area contributed by atoms with Crippen LogP contribution in [0.3, 0.4) is 0 Å². The summed E-state index contributed by atoms with van der Waals surface area (Å²) < 4.78 is 21.8. The number of para-hydroxylation sites is 1. The lowest BCUT2D eigenvalue weighted by molar-refractivity contribution is 0.0336. The Morgan fingerprint density at radius 1 is 0.978 bits per heavy atom. The van der Waals surface area contributed by atoms with Gasteiger partial charge in [-0.05, 0) is 29.9 Å². The van der Waals surface area contributed by atoms with Crippen molar-refractivity contribution >= 4 is 27.6 Å². The lowest BCUT2D eigenvalue weighted by Crippen LogP contribution is -2.35. The molecule has 1 N–H and O–H groups in total. The fourth-order valence-electron chi connectivity index (χ4n) is 6.76. The van der Waals surface area contributed by atoms with E-state index in [0.29, 0.717) is 64.7 Å². The highest BCUT2D eigenvalue weighted by atomic mass is 16.5. The third-order valence-electron chi connectivity index (χ3n) is 8.86. The molecule has 45 heavy (non-hydrogen) atoms. The second-order valence-corrected chi connectivity index (χ2v) is 11.6. The van der Waals surface area contributed by atoms with Gasteiger partial charge < -0.3 is 23.9 Å². The van der Waals surface area contributed by atoms with Gasteiger partial charge in [0, 0.05) is 55.1 Å². The van der Waals surface area contributed by atoms with Crippen LogP contribution in [0.25, 0.3) is 32.8 Å². The van der Waals surface area contributed by atoms with Crippen LogP contribution in [0.2, 0.25) is 0 Å². The maximum Gasteiger partial charge on any atom is 0.352 e. The fourth-order valence-corrected chi connectivity index (χ4v) is 6.76. The quantitative estimate of drug-likeness (QED) is 0.176. The zero-order valence-electron chi connectivity index (χ0n) is 25.6. The summed E-state index contributed by atoms with van der Waals surface area (Å²) in [6, 6.07) is 20.4. The summed E-state index contributed by atoms with van der Waals surface area (Å²) in [4.78, 5) is 15.3. The van der Waals surface area contributed by atoms with E-state index in [9.17, 15) is 9.90 Å². The number of carbonyl (C=O) groups is 1. The third-order valence-corrected chi connectivity index (χ3v) is 8.86. The van der Waals surface area contributed by atoms with E-state index in [0.717, 1.165) is 68.6 Å². The highest BCUT2D eigenvalue weighted by molar-refractivity contribution is 6.04. The second-order valence-electron chi connectivity index (χ2n) is 11.6. The summed E-state index contributed by atoms with van der Waals surface area (Å²) in [5.74, 6) is -0.0865. The van der Waals surface area contributed by atoms with Gasteiger partial charge in [0.1, 0.15) is 11.4 Å². The Kier molecular flexibility index (Phi) is 8.39. The molecular weight excluding hydrogens is 568 g/mol. The van der Waals surface area contributed by atoms with Crippen LogP contribution in [-0.2, 0) is 42.6 Å².